The molecule has 2 rings (SSSR count). The van der Waals surface area contributed by atoms with Gasteiger partial charge in [0.15, 0.2) is 0 Å². The molecular weight excluding hydrogens is 374 g/mol. The molecule has 0 saturated heterocycles. The summed E-state index contributed by atoms with van der Waals surface area (Å²) in [5.41, 5.74) is 2.16. The molecule has 2 aromatic rings. The SMILES string of the molecule is OCC(CCCCc1ccc(Cl)c(Cl)c1)c1cc(Cl)cc(Cl)c1. The number of aryl methyl sites for hydroxylation is 1. The van der Waals surface area contributed by atoms with Crippen molar-refractivity contribution in [3.63, 3.8) is 0 Å². The maximum atomic E-state index is 9.63. The van der Waals surface area contributed by atoms with Gasteiger partial charge in [0.2, 0.25) is 0 Å². The largest absolute Gasteiger partial charge is 0.396 e. The quantitative estimate of drug-likeness (QED) is 0.515. The minimum Gasteiger partial charge on any atom is -0.396 e. The molecule has 0 saturated carbocycles. The summed E-state index contributed by atoms with van der Waals surface area (Å²) in [7, 11) is 0. The van der Waals surface area contributed by atoms with Crippen LogP contribution in [0.15, 0.2) is 36.4 Å². The van der Waals surface area contributed by atoms with Gasteiger partial charge in [0.1, 0.15) is 0 Å². The van der Waals surface area contributed by atoms with Crippen molar-refractivity contribution in [1.82, 2.24) is 0 Å². The van der Waals surface area contributed by atoms with E-state index in [0.29, 0.717) is 20.1 Å². The first-order valence-electron chi connectivity index (χ1n) is 7.50. The standard InChI is InChI=1S/C18H18Cl4O/c19-15-8-14(9-16(20)10-15)13(11-23)4-2-1-3-12-5-6-17(21)18(22)7-12/h5-10,13,23H,1-4,11H2. The zero-order valence-corrected chi connectivity index (χ0v) is 15.6. The number of unbranched alkanes of at least 4 members (excludes halogenated alkanes) is 1. The predicted molar refractivity (Wildman–Crippen MR) is 100 cm³/mol. The molecule has 0 radical (unpaired) electrons. The van der Waals surface area contributed by atoms with Crippen molar-refractivity contribution in [2.45, 2.75) is 31.6 Å². The number of halogens is 4. The molecule has 0 aliphatic carbocycles. The van der Waals surface area contributed by atoms with E-state index >= 15 is 0 Å². The molecule has 1 atom stereocenters. The Kier molecular flexibility index (Phi) is 7.52. The van der Waals surface area contributed by atoms with Gasteiger partial charge in [-0.1, -0.05) is 58.9 Å². The third-order valence-corrected chi connectivity index (χ3v) is 5.00. The molecular formula is C18H18Cl4O. The topological polar surface area (TPSA) is 20.2 Å². The van der Waals surface area contributed by atoms with Crippen LogP contribution >= 0.6 is 46.4 Å². The van der Waals surface area contributed by atoms with Crippen molar-refractivity contribution >= 4 is 46.4 Å². The van der Waals surface area contributed by atoms with Crippen LogP contribution in [0.1, 0.15) is 36.3 Å². The fraction of sp³-hybridized carbons (Fsp3) is 0.333. The molecule has 1 nitrogen and oxygen atoms in total. The summed E-state index contributed by atoms with van der Waals surface area (Å²) >= 11 is 24.0. The maximum absolute atomic E-state index is 9.63. The number of benzene rings is 2. The molecule has 23 heavy (non-hydrogen) atoms. The molecule has 0 spiro atoms. The van der Waals surface area contributed by atoms with Crippen molar-refractivity contribution in [3.05, 3.63) is 67.6 Å². The number of aliphatic hydroxyl groups is 1. The van der Waals surface area contributed by atoms with Crippen molar-refractivity contribution in [3.8, 4) is 0 Å². The number of hydrogen-bond donors (Lipinski definition) is 1. The van der Waals surface area contributed by atoms with Crippen LogP contribution in [0.3, 0.4) is 0 Å². The molecule has 124 valence electrons. The second kappa shape index (κ2) is 9.15. The highest BCUT2D eigenvalue weighted by atomic mass is 35.5. The highest BCUT2D eigenvalue weighted by molar-refractivity contribution is 6.42. The lowest BCUT2D eigenvalue weighted by Crippen LogP contribution is -2.04. The van der Waals surface area contributed by atoms with E-state index in [2.05, 4.69) is 0 Å². The molecule has 0 bridgehead atoms. The van der Waals surface area contributed by atoms with Gasteiger partial charge in [-0.3, -0.25) is 0 Å². The smallest absolute Gasteiger partial charge is 0.0595 e. The number of aliphatic hydroxyl groups excluding tert-OH is 1. The zero-order chi connectivity index (χ0) is 16.8. The fourth-order valence-electron chi connectivity index (χ4n) is 2.59. The van der Waals surface area contributed by atoms with Gasteiger partial charge in [0.25, 0.3) is 0 Å². The van der Waals surface area contributed by atoms with E-state index in [1.165, 1.54) is 5.56 Å². The Morgan fingerprint density at radius 2 is 1.52 bits per heavy atom. The van der Waals surface area contributed by atoms with Crippen LogP contribution in [-0.4, -0.2) is 11.7 Å². The van der Waals surface area contributed by atoms with Gasteiger partial charge < -0.3 is 5.11 Å². The third kappa shape index (κ3) is 5.85. The molecule has 5 heteroatoms. The van der Waals surface area contributed by atoms with Crippen LogP contribution in [0.2, 0.25) is 20.1 Å². The first-order valence-corrected chi connectivity index (χ1v) is 9.01. The van der Waals surface area contributed by atoms with Gasteiger partial charge in [0.05, 0.1) is 10.0 Å². The summed E-state index contributed by atoms with van der Waals surface area (Å²) in [5.74, 6) is 0.0556. The van der Waals surface area contributed by atoms with Crippen molar-refractivity contribution < 1.29 is 5.11 Å². The normalized spacial score (nSPS) is 12.4. The van der Waals surface area contributed by atoms with Crippen LogP contribution in [0.5, 0.6) is 0 Å². The molecule has 0 aromatic heterocycles. The van der Waals surface area contributed by atoms with E-state index in [1.54, 1.807) is 6.07 Å². The first kappa shape index (κ1) is 18.9. The monoisotopic (exact) mass is 390 g/mol. The molecule has 0 amide bonds. The lowest BCUT2D eigenvalue weighted by molar-refractivity contribution is 0.257. The fourth-order valence-corrected chi connectivity index (χ4v) is 3.45. The number of hydrogen-bond acceptors (Lipinski definition) is 1. The van der Waals surface area contributed by atoms with E-state index in [4.69, 9.17) is 46.4 Å². The summed E-state index contributed by atoms with van der Waals surface area (Å²) in [6.07, 6.45) is 3.83. The summed E-state index contributed by atoms with van der Waals surface area (Å²) in [5, 5.41) is 12.0. The molecule has 2 aromatic carbocycles. The second-order valence-corrected chi connectivity index (χ2v) is 7.26. The summed E-state index contributed by atoms with van der Waals surface area (Å²) in [4.78, 5) is 0. The first-order chi connectivity index (χ1) is 11.0. The lowest BCUT2D eigenvalue weighted by Gasteiger charge is -2.15. The average Bonchev–Trinajstić information content (AvgIpc) is 2.50. The molecule has 0 aliphatic heterocycles. The van der Waals surface area contributed by atoms with Gasteiger partial charge in [-0.2, -0.15) is 0 Å². The minimum absolute atomic E-state index is 0.0556. The second-order valence-electron chi connectivity index (χ2n) is 5.58. The van der Waals surface area contributed by atoms with Crippen LogP contribution in [0, 0.1) is 0 Å². The number of rotatable bonds is 7. The molecule has 1 unspecified atom stereocenters. The summed E-state index contributed by atoms with van der Waals surface area (Å²) in [6.45, 7) is 0.0868. The Morgan fingerprint density at radius 3 is 2.13 bits per heavy atom. The maximum Gasteiger partial charge on any atom is 0.0595 e. The Labute approximate surface area is 157 Å². The van der Waals surface area contributed by atoms with E-state index in [-0.39, 0.29) is 12.5 Å². The lowest BCUT2D eigenvalue weighted by atomic mass is 9.93. The Morgan fingerprint density at radius 1 is 0.826 bits per heavy atom. The van der Waals surface area contributed by atoms with Gasteiger partial charge in [-0.05, 0) is 60.7 Å². The van der Waals surface area contributed by atoms with E-state index in [9.17, 15) is 5.11 Å². The molecule has 0 fully saturated rings. The van der Waals surface area contributed by atoms with Crippen molar-refractivity contribution in [2.24, 2.45) is 0 Å². The van der Waals surface area contributed by atoms with E-state index in [1.807, 2.05) is 30.3 Å². The van der Waals surface area contributed by atoms with Crippen LogP contribution in [0.4, 0.5) is 0 Å². The molecule has 0 heterocycles. The Bertz CT molecular complexity index is 637. The van der Waals surface area contributed by atoms with Gasteiger partial charge in [-0.25, -0.2) is 0 Å². The van der Waals surface area contributed by atoms with E-state index < -0.39 is 0 Å². The van der Waals surface area contributed by atoms with Crippen LogP contribution in [-0.2, 0) is 6.42 Å². The Balaban J connectivity index is 1.87. The van der Waals surface area contributed by atoms with Gasteiger partial charge in [-0.15, -0.1) is 0 Å². The highest BCUT2D eigenvalue weighted by Gasteiger charge is 2.12. The predicted octanol–water partition coefficient (Wildman–Crippen LogP) is 6.79. The van der Waals surface area contributed by atoms with Gasteiger partial charge >= 0.3 is 0 Å². The van der Waals surface area contributed by atoms with Crippen molar-refractivity contribution in [1.29, 1.82) is 0 Å². The van der Waals surface area contributed by atoms with Gasteiger partial charge in [0, 0.05) is 22.6 Å². The van der Waals surface area contributed by atoms with Crippen molar-refractivity contribution in [2.75, 3.05) is 6.61 Å². The minimum atomic E-state index is 0.0556. The molecule has 0 aliphatic rings. The van der Waals surface area contributed by atoms with Crippen LogP contribution in [0.25, 0.3) is 0 Å². The third-order valence-electron chi connectivity index (χ3n) is 3.83. The highest BCUT2D eigenvalue weighted by Crippen LogP contribution is 2.28. The Hall–Kier alpha value is -0.440. The summed E-state index contributed by atoms with van der Waals surface area (Å²) < 4.78 is 0. The average molecular weight is 392 g/mol. The summed E-state index contributed by atoms with van der Waals surface area (Å²) in [6, 6.07) is 11.2. The zero-order valence-electron chi connectivity index (χ0n) is 12.5. The van der Waals surface area contributed by atoms with Crippen LogP contribution < -0.4 is 0 Å². The van der Waals surface area contributed by atoms with E-state index in [0.717, 1.165) is 31.2 Å². The molecule has 1 N–H and O–H groups in total.